The minimum absolute atomic E-state index is 0.343. The first-order chi connectivity index (χ1) is 11.2. The third-order valence-electron chi connectivity index (χ3n) is 3.91. The molecule has 0 aliphatic heterocycles. The number of nitrogens with zero attached hydrogens (tertiary/aromatic N) is 4. The molecule has 0 radical (unpaired) electrons. The van der Waals surface area contributed by atoms with Gasteiger partial charge in [0.05, 0.1) is 36.5 Å². The number of ether oxygens (including phenoxy) is 2. The second kappa shape index (κ2) is 6.10. The molecule has 1 aliphatic carbocycles. The van der Waals surface area contributed by atoms with E-state index in [4.69, 9.17) is 9.47 Å². The summed E-state index contributed by atoms with van der Waals surface area (Å²) in [5.74, 6) is -0.167. The summed E-state index contributed by atoms with van der Waals surface area (Å²) in [5, 5.41) is 37.1. The molecule has 0 aromatic heterocycles. The lowest BCUT2D eigenvalue weighted by molar-refractivity contribution is 0.179. The van der Waals surface area contributed by atoms with Gasteiger partial charge in [0.25, 0.3) is 0 Å². The van der Waals surface area contributed by atoms with Crippen LogP contribution in [0.3, 0.4) is 0 Å². The van der Waals surface area contributed by atoms with Crippen molar-refractivity contribution in [1.82, 2.24) is 0 Å². The Kier molecular flexibility index (Phi) is 4.22. The zero-order chi connectivity index (χ0) is 16.9. The highest BCUT2D eigenvalue weighted by Gasteiger charge is 2.81. The molecule has 1 aromatic rings. The maximum Gasteiger partial charge on any atom is 0.185 e. The van der Waals surface area contributed by atoms with Crippen LogP contribution in [0.5, 0.6) is 5.75 Å². The third-order valence-corrected chi connectivity index (χ3v) is 3.91. The first kappa shape index (κ1) is 15.9. The van der Waals surface area contributed by atoms with Gasteiger partial charge in [0.1, 0.15) is 19.0 Å². The van der Waals surface area contributed by atoms with E-state index in [0.29, 0.717) is 24.5 Å². The van der Waals surface area contributed by atoms with Gasteiger partial charge in [-0.1, -0.05) is 18.7 Å². The van der Waals surface area contributed by atoms with Gasteiger partial charge in [-0.05, 0) is 17.7 Å². The molecule has 1 aromatic carbocycles. The topological polar surface area (TPSA) is 114 Å². The van der Waals surface area contributed by atoms with Crippen LogP contribution in [0.4, 0.5) is 0 Å². The fraction of sp³-hybridized carbons (Fsp3) is 0.294. The highest BCUT2D eigenvalue weighted by molar-refractivity contribution is 5.59. The Bertz CT molecular complexity index is 705. The molecule has 0 saturated heterocycles. The van der Waals surface area contributed by atoms with Crippen molar-refractivity contribution in [3.63, 3.8) is 0 Å². The van der Waals surface area contributed by atoms with Crippen molar-refractivity contribution in [2.45, 2.75) is 5.92 Å². The van der Waals surface area contributed by atoms with Crippen LogP contribution in [0.25, 0.3) is 0 Å². The number of hydrogen-bond donors (Lipinski definition) is 0. The van der Waals surface area contributed by atoms with Crippen LogP contribution in [-0.2, 0) is 4.74 Å². The van der Waals surface area contributed by atoms with E-state index in [1.54, 1.807) is 24.3 Å². The van der Waals surface area contributed by atoms with E-state index in [1.807, 2.05) is 24.3 Å². The summed E-state index contributed by atoms with van der Waals surface area (Å²) < 4.78 is 10.4. The van der Waals surface area contributed by atoms with E-state index >= 15 is 0 Å². The molecule has 6 heteroatoms. The summed E-state index contributed by atoms with van der Waals surface area (Å²) in [4.78, 5) is 0. The highest BCUT2D eigenvalue weighted by Crippen LogP contribution is 2.73. The lowest BCUT2D eigenvalue weighted by Gasteiger charge is -2.07. The van der Waals surface area contributed by atoms with E-state index in [-0.39, 0.29) is 0 Å². The Morgan fingerprint density at radius 2 is 1.48 bits per heavy atom. The van der Waals surface area contributed by atoms with Gasteiger partial charge in [0.15, 0.2) is 10.8 Å². The van der Waals surface area contributed by atoms with Crippen LogP contribution >= 0.6 is 0 Å². The fourth-order valence-electron chi connectivity index (χ4n) is 2.68. The van der Waals surface area contributed by atoms with Crippen LogP contribution in [0.2, 0.25) is 0 Å². The molecule has 0 N–H and O–H groups in total. The van der Waals surface area contributed by atoms with Gasteiger partial charge in [-0.15, -0.1) is 0 Å². The molecule has 0 unspecified atom stereocenters. The van der Waals surface area contributed by atoms with Gasteiger partial charge in [-0.25, -0.2) is 0 Å². The Morgan fingerprint density at radius 3 is 1.91 bits per heavy atom. The van der Waals surface area contributed by atoms with E-state index < -0.39 is 16.7 Å². The average Bonchev–Trinajstić information content (AvgIpc) is 3.22. The lowest BCUT2D eigenvalue weighted by atomic mass is 9.98. The smallest absolute Gasteiger partial charge is 0.185 e. The molecule has 0 spiro atoms. The first-order valence-corrected chi connectivity index (χ1v) is 6.76. The summed E-state index contributed by atoms with van der Waals surface area (Å²) >= 11 is 0. The van der Waals surface area contributed by atoms with E-state index in [2.05, 4.69) is 6.58 Å². The van der Waals surface area contributed by atoms with Gasteiger partial charge in [-0.3, -0.25) is 0 Å². The van der Waals surface area contributed by atoms with E-state index in [9.17, 15) is 21.0 Å². The molecule has 1 fully saturated rings. The molecular formula is C17H12N4O2. The van der Waals surface area contributed by atoms with Crippen molar-refractivity contribution in [2.75, 3.05) is 13.2 Å². The number of rotatable bonds is 6. The molecule has 1 aliphatic rings. The second-order valence-electron chi connectivity index (χ2n) is 4.95. The van der Waals surface area contributed by atoms with E-state index in [1.165, 1.54) is 6.26 Å². The molecule has 0 amide bonds. The standard InChI is InChI=1S/C17H12N4O2/c1-2-22-7-8-23-14-5-3-13(4-6-14)15-16(9-18,10-19)17(15,11-20)12-21/h2-6,15H,1,7-8H2. The van der Waals surface area contributed by atoms with Gasteiger partial charge in [0, 0.05) is 0 Å². The van der Waals surface area contributed by atoms with Gasteiger partial charge in [0.2, 0.25) is 0 Å². The Morgan fingerprint density at radius 1 is 0.957 bits per heavy atom. The predicted molar refractivity (Wildman–Crippen MR) is 78.1 cm³/mol. The summed E-state index contributed by atoms with van der Waals surface area (Å²) in [6.07, 6.45) is 1.33. The molecule has 1 saturated carbocycles. The van der Waals surface area contributed by atoms with Crippen molar-refractivity contribution >= 4 is 0 Å². The number of nitriles is 4. The number of hydrogen-bond acceptors (Lipinski definition) is 6. The summed E-state index contributed by atoms with van der Waals surface area (Å²) in [6.45, 7) is 4.13. The highest BCUT2D eigenvalue weighted by atomic mass is 16.5. The summed E-state index contributed by atoms with van der Waals surface area (Å²) in [6, 6.07) is 14.0. The van der Waals surface area contributed by atoms with Gasteiger partial charge >= 0.3 is 0 Å². The molecule has 2 rings (SSSR count). The van der Waals surface area contributed by atoms with Crippen molar-refractivity contribution in [3.8, 4) is 30.0 Å². The van der Waals surface area contributed by atoms with Crippen LogP contribution in [0, 0.1) is 56.2 Å². The molecular weight excluding hydrogens is 292 g/mol. The lowest BCUT2D eigenvalue weighted by Crippen LogP contribution is -2.05. The maximum atomic E-state index is 9.29. The molecule has 112 valence electrons. The van der Waals surface area contributed by atoms with E-state index in [0.717, 1.165) is 0 Å². The Hall–Kier alpha value is -3.48. The average molecular weight is 304 g/mol. The quantitative estimate of drug-likeness (QED) is 0.589. The zero-order valence-corrected chi connectivity index (χ0v) is 12.2. The molecule has 0 atom stereocenters. The van der Waals surface area contributed by atoms with Crippen molar-refractivity contribution in [1.29, 1.82) is 21.0 Å². The first-order valence-electron chi connectivity index (χ1n) is 6.76. The van der Waals surface area contributed by atoms with Crippen LogP contribution in [-0.4, -0.2) is 13.2 Å². The zero-order valence-electron chi connectivity index (χ0n) is 12.2. The van der Waals surface area contributed by atoms with Crippen LogP contribution < -0.4 is 4.74 Å². The van der Waals surface area contributed by atoms with Crippen LogP contribution in [0.1, 0.15) is 11.5 Å². The SMILES string of the molecule is C=COCCOc1ccc(C2C(C#N)(C#N)C2(C#N)C#N)cc1. The third kappa shape index (κ3) is 2.24. The molecule has 0 heterocycles. The summed E-state index contributed by atoms with van der Waals surface area (Å²) in [5.41, 5.74) is -2.67. The molecule has 0 bridgehead atoms. The molecule has 6 nitrogen and oxygen atoms in total. The predicted octanol–water partition coefficient (Wildman–Crippen LogP) is 2.39. The van der Waals surface area contributed by atoms with Gasteiger partial charge in [-0.2, -0.15) is 21.0 Å². The van der Waals surface area contributed by atoms with Crippen molar-refractivity contribution in [2.24, 2.45) is 10.8 Å². The maximum absolute atomic E-state index is 9.29. The monoisotopic (exact) mass is 304 g/mol. The fourth-order valence-corrected chi connectivity index (χ4v) is 2.68. The van der Waals surface area contributed by atoms with Gasteiger partial charge < -0.3 is 9.47 Å². The van der Waals surface area contributed by atoms with Crippen LogP contribution in [0.15, 0.2) is 37.1 Å². The number of benzene rings is 1. The minimum atomic E-state index is -1.63. The normalized spacial score (nSPS) is 16.7. The largest absolute Gasteiger partial charge is 0.498 e. The second-order valence-corrected chi connectivity index (χ2v) is 4.95. The minimum Gasteiger partial charge on any atom is -0.498 e. The molecule has 23 heavy (non-hydrogen) atoms. The summed E-state index contributed by atoms with van der Waals surface area (Å²) in [7, 11) is 0. The Labute approximate surface area is 134 Å². The van der Waals surface area contributed by atoms with Crippen molar-refractivity contribution in [3.05, 3.63) is 42.7 Å². The van der Waals surface area contributed by atoms with Crippen molar-refractivity contribution < 1.29 is 9.47 Å². The Balaban J connectivity index is 2.19.